The Bertz CT molecular complexity index is 1070. The predicted octanol–water partition coefficient (Wildman–Crippen LogP) is 6.37. The van der Waals surface area contributed by atoms with Gasteiger partial charge in [0.25, 0.3) is 0 Å². The van der Waals surface area contributed by atoms with Gasteiger partial charge in [-0.05, 0) is 30.7 Å². The molecule has 0 aliphatic heterocycles. The maximum atomic E-state index is 3.85. The van der Waals surface area contributed by atoms with Crippen molar-refractivity contribution in [3.63, 3.8) is 0 Å². The van der Waals surface area contributed by atoms with Crippen LogP contribution in [-0.4, -0.2) is 4.57 Å². The third-order valence-corrected chi connectivity index (χ3v) is 4.50. The Kier molecular flexibility index (Phi) is 3.55. The smallest absolute Gasteiger partial charge is 0.0616 e. The number of aromatic nitrogens is 1. The fourth-order valence-electron chi connectivity index (χ4n) is 3.45. The van der Waals surface area contributed by atoms with Gasteiger partial charge in [-0.15, -0.1) is 0 Å². The molecule has 1 heterocycles. The second kappa shape index (κ2) is 5.86. The van der Waals surface area contributed by atoms with E-state index >= 15 is 0 Å². The Labute approximate surface area is 142 Å². The monoisotopic (exact) mass is 309 g/mol. The highest BCUT2D eigenvalue weighted by atomic mass is 15.0. The number of hydrogen-bond acceptors (Lipinski definition) is 0. The fourth-order valence-corrected chi connectivity index (χ4v) is 3.45. The van der Waals surface area contributed by atoms with Crippen LogP contribution in [0.15, 0.2) is 91.5 Å². The van der Waals surface area contributed by atoms with Crippen molar-refractivity contribution in [1.29, 1.82) is 0 Å². The molecule has 3 aromatic carbocycles. The molecule has 116 valence electrons. The summed E-state index contributed by atoms with van der Waals surface area (Å²) >= 11 is 0. The van der Waals surface area contributed by atoms with Crippen molar-refractivity contribution in [2.45, 2.75) is 6.92 Å². The van der Waals surface area contributed by atoms with E-state index in [0.717, 1.165) is 0 Å². The Hall–Kier alpha value is -3.06. The largest absolute Gasteiger partial charge is 0.309 e. The van der Waals surface area contributed by atoms with Gasteiger partial charge in [-0.2, -0.15) is 0 Å². The lowest BCUT2D eigenvalue weighted by molar-refractivity contribution is 1.18. The zero-order valence-electron chi connectivity index (χ0n) is 13.7. The minimum atomic E-state index is 1.18. The predicted molar refractivity (Wildman–Crippen MR) is 105 cm³/mol. The molecule has 0 saturated heterocycles. The minimum absolute atomic E-state index is 1.18. The van der Waals surface area contributed by atoms with Gasteiger partial charge in [0, 0.05) is 22.0 Å². The summed E-state index contributed by atoms with van der Waals surface area (Å²) in [5, 5.41) is 2.56. The highest BCUT2D eigenvalue weighted by Gasteiger charge is 2.15. The lowest BCUT2D eigenvalue weighted by atomic mass is 10.0. The summed E-state index contributed by atoms with van der Waals surface area (Å²) < 4.78 is 2.36. The molecule has 0 aliphatic rings. The van der Waals surface area contributed by atoms with Crippen molar-refractivity contribution in [3.05, 3.63) is 97.1 Å². The van der Waals surface area contributed by atoms with E-state index in [9.17, 15) is 0 Å². The van der Waals surface area contributed by atoms with Crippen molar-refractivity contribution >= 4 is 27.4 Å². The Morgan fingerprint density at radius 2 is 1.54 bits per heavy atom. The van der Waals surface area contributed by atoms with Crippen LogP contribution in [0.1, 0.15) is 12.5 Å². The summed E-state index contributed by atoms with van der Waals surface area (Å²) in [6.07, 6.45) is 3.92. The van der Waals surface area contributed by atoms with Gasteiger partial charge < -0.3 is 4.57 Å². The highest BCUT2D eigenvalue weighted by molar-refractivity contribution is 6.12. The first-order valence-corrected chi connectivity index (χ1v) is 8.18. The second-order valence-corrected chi connectivity index (χ2v) is 5.98. The number of fused-ring (bicyclic) bond motifs is 3. The average Bonchev–Trinajstić information content (AvgIpc) is 2.97. The molecule has 1 aromatic heterocycles. The summed E-state index contributed by atoms with van der Waals surface area (Å²) in [6.45, 7) is 5.99. The average molecular weight is 309 g/mol. The molecule has 0 atom stereocenters. The van der Waals surface area contributed by atoms with Gasteiger partial charge >= 0.3 is 0 Å². The molecule has 1 nitrogen and oxygen atoms in total. The van der Waals surface area contributed by atoms with E-state index in [1.54, 1.807) is 0 Å². The maximum Gasteiger partial charge on any atom is 0.0616 e. The quantitative estimate of drug-likeness (QED) is 0.387. The molecule has 1 heteroatoms. The maximum absolute atomic E-state index is 3.85. The van der Waals surface area contributed by atoms with Crippen molar-refractivity contribution in [1.82, 2.24) is 4.57 Å². The van der Waals surface area contributed by atoms with Crippen molar-refractivity contribution < 1.29 is 0 Å². The van der Waals surface area contributed by atoms with Crippen LogP contribution in [0.4, 0.5) is 0 Å². The van der Waals surface area contributed by atoms with Crippen LogP contribution < -0.4 is 0 Å². The SMILES string of the molecule is C=C/C=C(\C)c1cccc2c3ccccc3n(-c3ccccc3)c12. The van der Waals surface area contributed by atoms with E-state index in [2.05, 4.69) is 96.9 Å². The first kappa shape index (κ1) is 14.5. The molecule has 4 rings (SSSR count). The standard InChI is InChI=1S/C23H19N/c1-3-10-17(2)19-14-9-15-21-20-13-7-8-16-22(20)24(23(19)21)18-11-5-4-6-12-18/h3-16H,1H2,2H3/b17-10+. The number of rotatable bonds is 3. The molecule has 0 fully saturated rings. The second-order valence-electron chi connectivity index (χ2n) is 5.98. The van der Waals surface area contributed by atoms with Gasteiger partial charge in [0.2, 0.25) is 0 Å². The van der Waals surface area contributed by atoms with E-state index < -0.39 is 0 Å². The molecule has 0 unspecified atom stereocenters. The molecular formula is C23H19N. The van der Waals surface area contributed by atoms with Crippen LogP contribution >= 0.6 is 0 Å². The number of benzene rings is 3. The van der Waals surface area contributed by atoms with E-state index in [0.29, 0.717) is 0 Å². The summed E-state index contributed by atoms with van der Waals surface area (Å²) in [6, 6.07) is 25.7. The van der Waals surface area contributed by atoms with Crippen LogP contribution in [0.2, 0.25) is 0 Å². The Morgan fingerprint density at radius 3 is 2.33 bits per heavy atom. The minimum Gasteiger partial charge on any atom is -0.309 e. The molecule has 0 radical (unpaired) electrons. The van der Waals surface area contributed by atoms with Gasteiger partial charge in [-0.3, -0.25) is 0 Å². The van der Waals surface area contributed by atoms with Gasteiger partial charge in [-0.25, -0.2) is 0 Å². The molecule has 0 spiro atoms. The lowest BCUT2D eigenvalue weighted by Gasteiger charge is -2.11. The van der Waals surface area contributed by atoms with Gasteiger partial charge in [0.05, 0.1) is 11.0 Å². The van der Waals surface area contributed by atoms with Crippen molar-refractivity contribution in [2.75, 3.05) is 0 Å². The highest BCUT2D eigenvalue weighted by Crippen LogP contribution is 2.36. The molecule has 4 aromatic rings. The number of hydrogen-bond donors (Lipinski definition) is 0. The number of allylic oxidation sites excluding steroid dienone is 3. The molecule has 0 aliphatic carbocycles. The van der Waals surface area contributed by atoms with E-state index in [4.69, 9.17) is 0 Å². The van der Waals surface area contributed by atoms with E-state index in [1.807, 2.05) is 6.08 Å². The van der Waals surface area contributed by atoms with E-state index in [-0.39, 0.29) is 0 Å². The van der Waals surface area contributed by atoms with Crippen molar-refractivity contribution in [3.8, 4) is 5.69 Å². The van der Waals surface area contributed by atoms with Crippen LogP contribution in [0.25, 0.3) is 33.1 Å². The van der Waals surface area contributed by atoms with Gasteiger partial charge in [0.15, 0.2) is 0 Å². The molecule has 0 amide bonds. The molecular weight excluding hydrogens is 290 g/mol. The summed E-state index contributed by atoms with van der Waals surface area (Å²) in [5.41, 5.74) is 6.13. The zero-order chi connectivity index (χ0) is 16.5. The summed E-state index contributed by atoms with van der Waals surface area (Å²) in [4.78, 5) is 0. The molecule has 0 bridgehead atoms. The van der Waals surface area contributed by atoms with Crippen LogP contribution in [0.3, 0.4) is 0 Å². The van der Waals surface area contributed by atoms with Gasteiger partial charge in [-0.1, -0.05) is 73.3 Å². The van der Waals surface area contributed by atoms with Crippen LogP contribution in [-0.2, 0) is 0 Å². The number of para-hydroxylation sites is 3. The zero-order valence-corrected chi connectivity index (χ0v) is 13.7. The van der Waals surface area contributed by atoms with Gasteiger partial charge in [0.1, 0.15) is 0 Å². The summed E-state index contributed by atoms with van der Waals surface area (Å²) in [5.74, 6) is 0. The van der Waals surface area contributed by atoms with Crippen molar-refractivity contribution in [2.24, 2.45) is 0 Å². The van der Waals surface area contributed by atoms with E-state index in [1.165, 1.54) is 38.6 Å². The summed E-state index contributed by atoms with van der Waals surface area (Å²) in [7, 11) is 0. The normalized spacial score (nSPS) is 12.0. The first-order valence-electron chi connectivity index (χ1n) is 8.18. The lowest BCUT2D eigenvalue weighted by Crippen LogP contribution is -1.95. The molecule has 0 N–H and O–H groups in total. The molecule has 0 saturated carbocycles. The fraction of sp³-hybridized carbons (Fsp3) is 0.0435. The first-order chi connectivity index (χ1) is 11.8. The Morgan fingerprint density at radius 1 is 0.833 bits per heavy atom. The molecule has 24 heavy (non-hydrogen) atoms. The topological polar surface area (TPSA) is 4.93 Å². The third-order valence-electron chi connectivity index (χ3n) is 4.50. The van der Waals surface area contributed by atoms with Crippen LogP contribution in [0.5, 0.6) is 0 Å². The third kappa shape index (κ3) is 2.17. The number of nitrogens with zero attached hydrogens (tertiary/aromatic N) is 1. The Balaban J connectivity index is 2.22. The van der Waals surface area contributed by atoms with Crippen LogP contribution in [0, 0.1) is 0 Å².